The molecule has 2 heterocycles. The maximum absolute atomic E-state index is 4.68. The van der Waals surface area contributed by atoms with Crippen molar-refractivity contribution in [2.24, 2.45) is 4.99 Å². The molecule has 0 aliphatic carbocycles. The van der Waals surface area contributed by atoms with Gasteiger partial charge in [0.1, 0.15) is 5.01 Å². The van der Waals surface area contributed by atoms with E-state index in [0.29, 0.717) is 12.6 Å². The summed E-state index contributed by atoms with van der Waals surface area (Å²) in [6.07, 6.45) is 3.00. The topological polar surface area (TPSA) is 55.8 Å². The minimum Gasteiger partial charge on any atom is -0.357 e. The van der Waals surface area contributed by atoms with Crippen LogP contribution >= 0.6 is 35.3 Å². The molecule has 6 nitrogen and oxygen atoms in total. The van der Waals surface area contributed by atoms with E-state index in [9.17, 15) is 0 Å². The van der Waals surface area contributed by atoms with Gasteiger partial charge in [-0.25, -0.2) is 9.98 Å². The first kappa shape index (κ1) is 25.0. The number of thiazole rings is 1. The Kier molecular flexibility index (Phi) is 11.0. The summed E-state index contributed by atoms with van der Waals surface area (Å²) in [6, 6.07) is 11.4. The zero-order valence-corrected chi connectivity index (χ0v) is 21.5. The summed E-state index contributed by atoms with van der Waals surface area (Å²) < 4.78 is 0. The summed E-state index contributed by atoms with van der Waals surface area (Å²) >= 11 is 1.71. The van der Waals surface area contributed by atoms with E-state index in [1.165, 1.54) is 10.4 Å². The summed E-state index contributed by atoms with van der Waals surface area (Å²) in [7, 11) is 2.22. The first-order valence-electron chi connectivity index (χ1n) is 10.6. The van der Waals surface area contributed by atoms with E-state index < -0.39 is 0 Å². The number of nitrogens with zero attached hydrogens (tertiary/aromatic N) is 4. The highest BCUT2D eigenvalue weighted by molar-refractivity contribution is 14.0. The van der Waals surface area contributed by atoms with Gasteiger partial charge in [0, 0.05) is 56.4 Å². The summed E-state index contributed by atoms with van der Waals surface area (Å²) in [5.74, 6) is 0.873. The molecule has 1 aliphatic rings. The molecule has 0 saturated carbocycles. The second-order valence-electron chi connectivity index (χ2n) is 7.56. The Balaban J connectivity index is 0.00000320. The lowest BCUT2D eigenvalue weighted by Gasteiger charge is -2.40. The van der Waals surface area contributed by atoms with Crippen LogP contribution in [0.2, 0.25) is 0 Å². The molecule has 1 fully saturated rings. The van der Waals surface area contributed by atoms with Gasteiger partial charge in [-0.2, -0.15) is 0 Å². The smallest absolute Gasteiger partial charge is 0.191 e. The second-order valence-corrected chi connectivity index (χ2v) is 8.88. The predicted octanol–water partition coefficient (Wildman–Crippen LogP) is 3.50. The highest BCUT2D eigenvalue weighted by Crippen LogP contribution is 2.24. The van der Waals surface area contributed by atoms with E-state index in [4.69, 9.17) is 0 Å². The summed E-state index contributed by atoms with van der Waals surface area (Å²) in [4.78, 5) is 15.4. The fourth-order valence-electron chi connectivity index (χ4n) is 3.67. The number of rotatable bonds is 8. The Bertz CT molecular complexity index is 766. The number of likely N-dealkylation sites (N-methyl/N-ethyl adjacent to an activating group) is 1. The number of piperazine rings is 1. The third kappa shape index (κ3) is 7.79. The van der Waals surface area contributed by atoms with Gasteiger partial charge in [-0.3, -0.25) is 4.90 Å². The SMILES string of the molecule is CCNC(=NCc1ncc(C)s1)NCCCN1CCN(C)CC1c1ccccc1.I. The van der Waals surface area contributed by atoms with E-state index in [2.05, 4.69) is 81.6 Å². The lowest BCUT2D eigenvalue weighted by Crippen LogP contribution is -2.47. The molecule has 1 aromatic carbocycles. The molecule has 0 bridgehead atoms. The average molecular weight is 543 g/mol. The molecule has 2 N–H and O–H groups in total. The van der Waals surface area contributed by atoms with Crippen molar-refractivity contribution < 1.29 is 0 Å². The van der Waals surface area contributed by atoms with Crippen LogP contribution in [0.1, 0.15) is 34.8 Å². The molecule has 8 heteroatoms. The first-order chi connectivity index (χ1) is 14.2. The van der Waals surface area contributed by atoms with E-state index in [1.807, 2.05) is 6.20 Å². The van der Waals surface area contributed by atoms with Gasteiger partial charge < -0.3 is 15.5 Å². The Hall–Kier alpha value is -1.23. The summed E-state index contributed by atoms with van der Waals surface area (Å²) in [5, 5.41) is 7.87. The molecule has 0 spiro atoms. The van der Waals surface area contributed by atoms with Crippen LogP contribution < -0.4 is 10.6 Å². The molecule has 0 radical (unpaired) electrons. The molecule has 1 aromatic heterocycles. The maximum atomic E-state index is 4.68. The van der Waals surface area contributed by atoms with Gasteiger partial charge in [-0.15, -0.1) is 35.3 Å². The molecular weight excluding hydrogens is 507 g/mol. The van der Waals surface area contributed by atoms with Gasteiger partial charge in [0.25, 0.3) is 0 Å². The lowest BCUT2D eigenvalue weighted by atomic mass is 10.0. The van der Waals surface area contributed by atoms with Crippen LogP contribution in [0, 0.1) is 6.92 Å². The van der Waals surface area contributed by atoms with Gasteiger partial charge in [0.15, 0.2) is 5.96 Å². The van der Waals surface area contributed by atoms with Crippen molar-refractivity contribution in [3.05, 3.63) is 52.0 Å². The van der Waals surface area contributed by atoms with Crippen LogP contribution in [-0.2, 0) is 6.54 Å². The number of nitrogens with one attached hydrogen (secondary N) is 2. The van der Waals surface area contributed by atoms with E-state index >= 15 is 0 Å². The van der Waals surface area contributed by atoms with Gasteiger partial charge in [-0.1, -0.05) is 30.3 Å². The molecule has 1 saturated heterocycles. The minimum absolute atomic E-state index is 0. The quantitative estimate of drug-likeness (QED) is 0.232. The first-order valence-corrected chi connectivity index (χ1v) is 11.4. The van der Waals surface area contributed by atoms with E-state index in [1.54, 1.807) is 11.3 Å². The minimum atomic E-state index is 0. The van der Waals surface area contributed by atoms with Gasteiger partial charge >= 0.3 is 0 Å². The highest BCUT2D eigenvalue weighted by atomic mass is 127. The molecule has 30 heavy (non-hydrogen) atoms. The van der Waals surface area contributed by atoms with Crippen LogP contribution in [0.15, 0.2) is 41.5 Å². The third-order valence-electron chi connectivity index (χ3n) is 5.18. The fourth-order valence-corrected chi connectivity index (χ4v) is 4.38. The molecule has 0 amide bonds. The van der Waals surface area contributed by atoms with Crippen molar-refractivity contribution in [3.63, 3.8) is 0 Å². The highest BCUT2D eigenvalue weighted by Gasteiger charge is 2.25. The number of hydrogen-bond acceptors (Lipinski definition) is 5. The summed E-state index contributed by atoms with van der Waals surface area (Å²) in [5.41, 5.74) is 1.42. The van der Waals surface area contributed by atoms with Crippen molar-refractivity contribution in [1.82, 2.24) is 25.4 Å². The molecule has 3 rings (SSSR count). The number of aliphatic imine (C=N–C) groups is 1. The zero-order chi connectivity index (χ0) is 20.5. The van der Waals surface area contributed by atoms with Crippen molar-refractivity contribution in [2.75, 3.05) is 46.3 Å². The van der Waals surface area contributed by atoms with Crippen molar-refractivity contribution in [1.29, 1.82) is 0 Å². The number of halogens is 1. The Labute approximate surface area is 202 Å². The van der Waals surface area contributed by atoms with Gasteiger partial charge in [0.05, 0.1) is 6.54 Å². The third-order valence-corrected chi connectivity index (χ3v) is 6.08. The predicted molar refractivity (Wildman–Crippen MR) is 138 cm³/mol. The van der Waals surface area contributed by atoms with E-state index in [-0.39, 0.29) is 24.0 Å². The zero-order valence-electron chi connectivity index (χ0n) is 18.3. The van der Waals surface area contributed by atoms with Crippen LogP contribution in [0.3, 0.4) is 0 Å². The number of aromatic nitrogens is 1. The number of guanidine groups is 1. The Morgan fingerprint density at radius 1 is 1.23 bits per heavy atom. The molecule has 1 atom stereocenters. The molecular formula is C22H35IN6S. The maximum Gasteiger partial charge on any atom is 0.191 e. The Morgan fingerprint density at radius 2 is 2.03 bits per heavy atom. The van der Waals surface area contributed by atoms with Crippen LogP contribution in [0.4, 0.5) is 0 Å². The largest absolute Gasteiger partial charge is 0.357 e. The van der Waals surface area contributed by atoms with Crippen molar-refractivity contribution in [3.8, 4) is 0 Å². The second kappa shape index (κ2) is 13.2. The van der Waals surface area contributed by atoms with Gasteiger partial charge in [0.2, 0.25) is 0 Å². The average Bonchev–Trinajstić information content (AvgIpc) is 3.16. The van der Waals surface area contributed by atoms with Crippen LogP contribution in [-0.4, -0.2) is 67.1 Å². The fraction of sp³-hybridized carbons (Fsp3) is 0.545. The van der Waals surface area contributed by atoms with E-state index in [0.717, 1.165) is 56.7 Å². The monoisotopic (exact) mass is 542 g/mol. The van der Waals surface area contributed by atoms with Crippen molar-refractivity contribution in [2.45, 2.75) is 32.9 Å². The standard InChI is InChI=1S/C22H34N6S.HI/c1-4-23-22(26-16-21-25-15-18(2)29-21)24-11-8-12-28-14-13-27(3)17-20(28)19-9-6-5-7-10-19;/h5-7,9-10,15,20H,4,8,11-14,16-17H2,1-3H3,(H2,23,24,26);1H. The van der Waals surface area contributed by atoms with Crippen molar-refractivity contribution >= 4 is 41.3 Å². The molecule has 166 valence electrons. The lowest BCUT2D eigenvalue weighted by molar-refractivity contribution is 0.0891. The Morgan fingerprint density at radius 3 is 2.73 bits per heavy atom. The summed E-state index contributed by atoms with van der Waals surface area (Å²) in [6.45, 7) is 11.0. The number of hydrogen-bond donors (Lipinski definition) is 2. The molecule has 1 aliphatic heterocycles. The number of aryl methyl sites for hydroxylation is 1. The molecule has 2 aromatic rings. The normalized spacial score (nSPS) is 18.1. The van der Waals surface area contributed by atoms with Crippen LogP contribution in [0.5, 0.6) is 0 Å². The number of benzene rings is 1. The van der Waals surface area contributed by atoms with Gasteiger partial charge in [-0.05, 0) is 32.9 Å². The van der Waals surface area contributed by atoms with Crippen LogP contribution in [0.25, 0.3) is 0 Å². The molecule has 1 unspecified atom stereocenters.